The Hall–Kier alpha value is -0.950. The van der Waals surface area contributed by atoms with Crippen LogP contribution in [-0.4, -0.2) is 46.6 Å². The number of carbonyl (C=O) groups is 1. The van der Waals surface area contributed by atoms with Crippen LogP contribution in [0.15, 0.2) is 6.07 Å². The Balaban J connectivity index is 2.01. The van der Waals surface area contributed by atoms with Gasteiger partial charge in [0.05, 0.1) is 12.2 Å². The SMILES string of the molecule is O=C(NCC1(O)CCOC1)c1cc(Cl)nnc1Cl. The largest absolute Gasteiger partial charge is 0.386 e. The number of hydrogen-bond donors (Lipinski definition) is 2. The van der Waals surface area contributed by atoms with Gasteiger partial charge in [-0.2, -0.15) is 0 Å². The molecule has 0 saturated carbocycles. The minimum absolute atomic E-state index is 0.0356. The van der Waals surface area contributed by atoms with Crippen molar-refractivity contribution < 1.29 is 14.6 Å². The highest BCUT2D eigenvalue weighted by Crippen LogP contribution is 2.18. The van der Waals surface area contributed by atoms with E-state index in [1.807, 2.05) is 0 Å². The summed E-state index contributed by atoms with van der Waals surface area (Å²) in [5.74, 6) is -0.461. The summed E-state index contributed by atoms with van der Waals surface area (Å²) in [6, 6.07) is 1.32. The quantitative estimate of drug-likeness (QED) is 0.855. The summed E-state index contributed by atoms with van der Waals surface area (Å²) in [5.41, 5.74) is -0.897. The average Bonchev–Trinajstić information content (AvgIpc) is 2.77. The first kappa shape index (κ1) is 13.5. The normalized spacial score (nSPS) is 23.1. The Bertz CT molecular complexity index is 464. The van der Waals surface area contributed by atoms with Gasteiger partial charge < -0.3 is 15.2 Å². The van der Waals surface area contributed by atoms with Gasteiger partial charge >= 0.3 is 0 Å². The molecular weight excluding hydrogens is 281 g/mol. The van der Waals surface area contributed by atoms with Gasteiger partial charge in [-0.15, -0.1) is 10.2 Å². The molecule has 1 aromatic rings. The van der Waals surface area contributed by atoms with E-state index in [0.717, 1.165) is 0 Å². The molecule has 1 fully saturated rings. The van der Waals surface area contributed by atoms with Crippen LogP contribution in [0.5, 0.6) is 0 Å². The van der Waals surface area contributed by atoms with E-state index in [-0.39, 0.29) is 29.0 Å². The Morgan fingerprint density at radius 3 is 3.00 bits per heavy atom. The molecule has 0 aromatic carbocycles. The van der Waals surface area contributed by atoms with Crippen molar-refractivity contribution in [3.8, 4) is 0 Å². The van der Waals surface area contributed by atoms with Crippen molar-refractivity contribution in [1.29, 1.82) is 0 Å². The molecule has 98 valence electrons. The maximum absolute atomic E-state index is 11.8. The molecule has 1 unspecified atom stereocenters. The first-order valence-corrected chi connectivity index (χ1v) is 6.03. The van der Waals surface area contributed by atoms with Crippen LogP contribution in [0.25, 0.3) is 0 Å². The first-order chi connectivity index (χ1) is 8.50. The monoisotopic (exact) mass is 291 g/mol. The summed E-state index contributed by atoms with van der Waals surface area (Å²) in [4.78, 5) is 11.8. The highest BCUT2D eigenvalue weighted by Gasteiger charge is 2.32. The molecule has 0 aliphatic carbocycles. The molecule has 8 heteroatoms. The third-order valence-corrected chi connectivity index (χ3v) is 3.09. The standard InChI is InChI=1S/C10H11Cl2N3O3/c11-7-3-6(8(12)15-14-7)9(16)13-4-10(17)1-2-18-5-10/h3,17H,1-2,4-5H2,(H,13,16). The second kappa shape index (κ2) is 5.36. The van der Waals surface area contributed by atoms with E-state index in [0.29, 0.717) is 13.0 Å². The van der Waals surface area contributed by atoms with Crippen LogP contribution in [0.2, 0.25) is 10.3 Å². The van der Waals surface area contributed by atoms with Gasteiger partial charge in [-0.3, -0.25) is 4.79 Å². The number of aromatic nitrogens is 2. The summed E-state index contributed by atoms with van der Waals surface area (Å²) in [6.45, 7) is 0.772. The molecule has 2 N–H and O–H groups in total. The van der Waals surface area contributed by atoms with E-state index in [4.69, 9.17) is 27.9 Å². The molecule has 0 bridgehead atoms. The number of hydrogen-bond acceptors (Lipinski definition) is 5. The van der Waals surface area contributed by atoms with Crippen LogP contribution in [0.4, 0.5) is 0 Å². The lowest BCUT2D eigenvalue weighted by atomic mass is 10.0. The van der Waals surface area contributed by atoms with Gasteiger partial charge in [0.1, 0.15) is 5.60 Å². The fourth-order valence-electron chi connectivity index (χ4n) is 1.59. The molecule has 0 radical (unpaired) electrons. The molecule has 1 saturated heterocycles. The molecular formula is C10H11Cl2N3O3. The number of nitrogens with zero attached hydrogens (tertiary/aromatic N) is 2. The van der Waals surface area contributed by atoms with Crippen LogP contribution in [-0.2, 0) is 4.74 Å². The molecule has 1 amide bonds. The van der Waals surface area contributed by atoms with Crippen molar-refractivity contribution in [3.05, 3.63) is 21.9 Å². The fraction of sp³-hybridized carbons (Fsp3) is 0.500. The number of ether oxygens (including phenoxy) is 1. The van der Waals surface area contributed by atoms with Crippen molar-refractivity contribution in [2.75, 3.05) is 19.8 Å². The highest BCUT2D eigenvalue weighted by molar-refractivity contribution is 6.34. The molecule has 1 aliphatic heterocycles. The van der Waals surface area contributed by atoms with Crippen LogP contribution in [0.3, 0.4) is 0 Å². The molecule has 0 spiro atoms. The van der Waals surface area contributed by atoms with E-state index in [9.17, 15) is 9.90 Å². The van der Waals surface area contributed by atoms with E-state index in [1.165, 1.54) is 6.07 Å². The summed E-state index contributed by atoms with van der Waals surface area (Å²) in [6.07, 6.45) is 0.483. The third kappa shape index (κ3) is 3.08. The number of rotatable bonds is 3. The minimum atomic E-state index is -1.02. The topological polar surface area (TPSA) is 84.3 Å². The summed E-state index contributed by atoms with van der Waals surface area (Å²) >= 11 is 11.4. The lowest BCUT2D eigenvalue weighted by Gasteiger charge is -2.20. The number of carbonyl (C=O) groups excluding carboxylic acids is 1. The van der Waals surface area contributed by atoms with Gasteiger partial charge in [0, 0.05) is 19.6 Å². The van der Waals surface area contributed by atoms with E-state index < -0.39 is 11.5 Å². The van der Waals surface area contributed by atoms with Gasteiger partial charge in [-0.05, 0) is 6.07 Å². The van der Waals surface area contributed by atoms with Crippen LogP contribution < -0.4 is 5.32 Å². The zero-order valence-electron chi connectivity index (χ0n) is 9.32. The predicted octanol–water partition coefficient (Wildman–Crippen LogP) is 0.665. The van der Waals surface area contributed by atoms with Gasteiger partial charge in [0.25, 0.3) is 5.91 Å². The Morgan fingerprint density at radius 1 is 1.56 bits per heavy atom. The van der Waals surface area contributed by atoms with Crippen LogP contribution in [0, 0.1) is 0 Å². The molecule has 18 heavy (non-hydrogen) atoms. The first-order valence-electron chi connectivity index (χ1n) is 5.27. The molecule has 2 heterocycles. The zero-order chi connectivity index (χ0) is 13.2. The fourth-order valence-corrected chi connectivity index (χ4v) is 1.91. The van der Waals surface area contributed by atoms with Crippen molar-refractivity contribution >= 4 is 29.1 Å². The van der Waals surface area contributed by atoms with Crippen LogP contribution in [0.1, 0.15) is 16.8 Å². The van der Waals surface area contributed by atoms with E-state index >= 15 is 0 Å². The summed E-state index contributed by atoms with van der Waals surface area (Å²) in [7, 11) is 0. The average molecular weight is 292 g/mol. The smallest absolute Gasteiger partial charge is 0.254 e. The molecule has 2 rings (SSSR count). The van der Waals surface area contributed by atoms with Crippen molar-refractivity contribution in [1.82, 2.24) is 15.5 Å². The maximum Gasteiger partial charge on any atom is 0.254 e. The number of nitrogens with one attached hydrogen (secondary N) is 1. The van der Waals surface area contributed by atoms with Gasteiger partial charge in [0.2, 0.25) is 0 Å². The Labute approximate surface area is 113 Å². The van der Waals surface area contributed by atoms with Gasteiger partial charge in [-0.25, -0.2) is 0 Å². The summed E-state index contributed by atoms with van der Waals surface area (Å²) in [5, 5.41) is 19.6. The number of amides is 1. The molecule has 1 aliphatic rings. The predicted molar refractivity (Wildman–Crippen MR) is 64.8 cm³/mol. The summed E-state index contributed by atoms with van der Waals surface area (Å²) < 4.78 is 5.07. The van der Waals surface area contributed by atoms with Gasteiger partial charge in [-0.1, -0.05) is 23.2 Å². The third-order valence-electron chi connectivity index (χ3n) is 2.62. The van der Waals surface area contributed by atoms with Crippen molar-refractivity contribution in [3.63, 3.8) is 0 Å². The lowest BCUT2D eigenvalue weighted by Crippen LogP contribution is -2.43. The Kier molecular flexibility index (Phi) is 4.01. The van der Waals surface area contributed by atoms with E-state index in [2.05, 4.69) is 15.5 Å². The minimum Gasteiger partial charge on any atom is -0.386 e. The second-order valence-electron chi connectivity index (χ2n) is 4.08. The Morgan fingerprint density at radius 2 is 2.33 bits per heavy atom. The van der Waals surface area contributed by atoms with E-state index in [1.54, 1.807) is 0 Å². The van der Waals surface area contributed by atoms with Crippen molar-refractivity contribution in [2.24, 2.45) is 0 Å². The van der Waals surface area contributed by atoms with Crippen LogP contribution >= 0.6 is 23.2 Å². The zero-order valence-corrected chi connectivity index (χ0v) is 10.8. The number of aliphatic hydroxyl groups is 1. The molecule has 1 atom stereocenters. The second-order valence-corrected chi connectivity index (χ2v) is 4.83. The highest BCUT2D eigenvalue weighted by atomic mass is 35.5. The lowest BCUT2D eigenvalue weighted by molar-refractivity contribution is 0.0264. The maximum atomic E-state index is 11.8. The molecule has 6 nitrogen and oxygen atoms in total. The van der Waals surface area contributed by atoms with Gasteiger partial charge in [0.15, 0.2) is 10.3 Å². The van der Waals surface area contributed by atoms with Crippen molar-refractivity contribution in [2.45, 2.75) is 12.0 Å². The molecule has 1 aromatic heterocycles. The number of halogens is 2.